The molecule has 158 valence electrons. The van der Waals surface area contributed by atoms with Gasteiger partial charge in [0.05, 0.1) is 30.2 Å². The van der Waals surface area contributed by atoms with Crippen molar-refractivity contribution in [3.8, 4) is 28.4 Å². The number of hydrogen-bond donors (Lipinski definition) is 1. The number of ether oxygens (including phenoxy) is 2. The summed E-state index contributed by atoms with van der Waals surface area (Å²) >= 11 is 0. The second-order valence-electron chi connectivity index (χ2n) is 6.65. The zero-order valence-electron chi connectivity index (χ0n) is 16.9. The number of hydrogen-bond acceptors (Lipinski definition) is 7. The average molecular weight is 436 g/mol. The third kappa shape index (κ3) is 3.82. The highest BCUT2D eigenvalue weighted by atomic mass is 32.2. The van der Waals surface area contributed by atoms with Crippen LogP contribution < -0.4 is 15.2 Å². The minimum absolute atomic E-state index is 0.133. The molecule has 9 heteroatoms. The lowest BCUT2D eigenvalue weighted by Gasteiger charge is -2.10. The number of nitrogens with zero attached hydrogens (tertiary/aromatic N) is 3. The molecule has 8 nitrogen and oxygen atoms in total. The summed E-state index contributed by atoms with van der Waals surface area (Å²) in [7, 11) is -0.669. The number of methoxy groups -OCH3 is 2. The molecule has 0 amide bonds. The highest BCUT2D eigenvalue weighted by Crippen LogP contribution is 2.32. The Labute approximate surface area is 179 Å². The van der Waals surface area contributed by atoms with Crippen molar-refractivity contribution in [3.63, 3.8) is 0 Å². The van der Waals surface area contributed by atoms with Crippen molar-refractivity contribution in [2.75, 3.05) is 20.0 Å². The molecule has 0 aliphatic heterocycles. The molecule has 0 aliphatic carbocycles. The largest absolute Gasteiger partial charge is 0.497 e. The van der Waals surface area contributed by atoms with E-state index in [1.54, 1.807) is 75.0 Å². The number of sulfone groups is 1. The number of aromatic nitrogens is 3. The molecule has 0 saturated heterocycles. The van der Waals surface area contributed by atoms with E-state index in [9.17, 15) is 8.42 Å². The Bertz CT molecular complexity index is 1330. The fraction of sp³-hybridized carbons (Fsp3) is 0.0909. The molecule has 0 unspecified atom stereocenters. The van der Waals surface area contributed by atoms with Crippen LogP contribution in [0.5, 0.6) is 11.5 Å². The molecule has 0 spiro atoms. The maximum Gasteiger partial charge on any atom is 0.207 e. The van der Waals surface area contributed by atoms with E-state index in [2.05, 4.69) is 10.3 Å². The monoisotopic (exact) mass is 436 g/mol. The lowest BCUT2D eigenvalue weighted by atomic mass is 10.2. The zero-order valence-corrected chi connectivity index (χ0v) is 17.7. The van der Waals surface area contributed by atoms with E-state index in [0.29, 0.717) is 34.1 Å². The SMILES string of the molecule is COc1ccc(-n2cc(-c3ccccc3S(=O)(=O)c3ccc(N)cc3)nn2)c(OC)c1. The van der Waals surface area contributed by atoms with Gasteiger partial charge in [-0.3, -0.25) is 0 Å². The standard InChI is InChI=1S/C22H20N4O4S/c1-29-16-9-12-20(21(13-16)30-2)26-14-19(24-25-26)18-5-3-4-6-22(18)31(27,28)17-10-7-15(23)8-11-17/h3-14H,23H2,1-2H3. The molecule has 0 radical (unpaired) electrons. The van der Waals surface area contributed by atoms with Crippen molar-refractivity contribution in [3.05, 3.63) is 72.9 Å². The second-order valence-corrected chi connectivity index (χ2v) is 8.57. The summed E-state index contributed by atoms with van der Waals surface area (Å²) < 4.78 is 38.7. The summed E-state index contributed by atoms with van der Waals surface area (Å²) in [5, 5.41) is 8.37. The molecule has 0 aliphatic rings. The quantitative estimate of drug-likeness (QED) is 0.462. The van der Waals surface area contributed by atoms with Gasteiger partial charge in [-0.15, -0.1) is 5.10 Å². The molecule has 4 aromatic rings. The molecule has 31 heavy (non-hydrogen) atoms. The van der Waals surface area contributed by atoms with Crippen molar-refractivity contribution in [1.29, 1.82) is 0 Å². The third-order valence-electron chi connectivity index (χ3n) is 4.77. The van der Waals surface area contributed by atoms with Crippen molar-refractivity contribution in [1.82, 2.24) is 15.0 Å². The summed E-state index contributed by atoms with van der Waals surface area (Å²) in [6.07, 6.45) is 1.65. The van der Waals surface area contributed by atoms with Crippen LogP contribution in [0.25, 0.3) is 16.9 Å². The fourth-order valence-corrected chi connectivity index (χ4v) is 4.63. The van der Waals surface area contributed by atoms with Gasteiger partial charge in [0.25, 0.3) is 0 Å². The van der Waals surface area contributed by atoms with E-state index < -0.39 is 9.84 Å². The van der Waals surface area contributed by atoms with Gasteiger partial charge in [-0.2, -0.15) is 0 Å². The van der Waals surface area contributed by atoms with Crippen molar-refractivity contribution in [2.45, 2.75) is 9.79 Å². The van der Waals surface area contributed by atoms with Crippen LogP contribution in [0.3, 0.4) is 0 Å². The molecule has 0 bridgehead atoms. The van der Waals surface area contributed by atoms with Crippen LogP contribution in [0, 0.1) is 0 Å². The Morgan fingerprint density at radius 2 is 1.68 bits per heavy atom. The smallest absolute Gasteiger partial charge is 0.207 e. The minimum Gasteiger partial charge on any atom is -0.497 e. The van der Waals surface area contributed by atoms with Crippen LogP contribution in [0.15, 0.2) is 82.7 Å². The Kier molecular flexibility index (Phi) is 5.35. The number of nitrogens with two attached hydrogens (primary N) is 1. The fourth-order valence-electron chi connectivity index (χ4n) is 3.17. The first-order valence-corrected chi connectivity index (χ1v) is 10.8. The molecule has 0 fully saturated rings. The van der Waals surface area contributed by atoms with Crippen LogP contribution in [-0.2, 0) is 9.84 Å². The Morgan fingerprint density at radius 3 is 2.39 bits per heavy atom. The van der Waals surface area contributed by atoms with Gasteiger partial charge in [-0.25, -0.2) is 13.1 Å². The molecule has 4 rings (SSSR count). The predicted octanol–water partition coefficient (Wildman–Crippen LogP) is 3.37. The molecule has 1 aromatic heterocycles. The summed E-state index contributed by atoms with van der Waals surface area (Å²) in [6, 6.07) is 18.1. The molecule has 0 atom stereocenters. The average Bonchev–Trinajstić information content (AvgIpc) is 3.29. The van der Waals surface area contributed by atoms with Gasteiger partial charge in [0.2, 0.25) is 9.84 Å². The van der Waals surface area contributed by atoms with Crippen molar-refractivity contribution >= 4 is 15.5 Å². The Hall–Kier alpha value is -3.85. The maximum absolute atomic E-state index is 13.3. The van der Waals surface area contributed by atoms with Crippen LogP contribution in [-0.4, -0.2) is 37.6 Å². The third-order valence-corrected chi connectivity index (χ3v) is 6.60. The van der Waals surface area contributed by atoms with E-state index in [0.717, 1.165) is 0 Å². The van der Waals surface area contributed by atoms with E-state index in [4.69, 9.17) is 15.2 Å². The maximum atomic E-state index is 13.3. The van der Waals surface area contributed by atoms with E-state index in [1.165, 1.54) is 16.8 Å². The van der Waals surface area contributed by atoms with Crippen molar-refractivity contribution < 1.29 is 17.9 Å². The van der Waals surface area contributed by atoms with Gasteiger partial charge in [0, 0.05) is 17.3 Å². The van der Waals surface area contributed by atoms with E-state index in [-0.39, 0.29) is 9.79 Å². The number of rotatable bonds is 6. The number of benzene rings is 3. The molecular formula is C22H20N4O4S. The van der Waals surface area contributed by atoms with Gasteiger partial charge in [-0.05, 0) is 42.5 Å². The van der Waals surface area contributed by atoms with Gasteiger partial charge in [0.1, 0.15) is 22.9 Å². The molecule has 3 aromatic carbocycles. The van der Waals surface area contributed by atoms with Crippen LogP contribution in [0.2, 0.25) is 0 Å². The Balaban J connectivity index is 1.79. The topological polar surface area (TPSA) is 109 Å². The first-order chi connectivity index (χ1) is 14.9. The highest BCUT2D eigenvalue weighted by molar-refractivity contribution is 7.91. The molecule has 1 heterocycles. The summed E-state index contributed by atoms with van der Waals surface area (Å²) in [5.74, 6) is 1.18. The van der Waals surface area contributed by atoms with E-state index in [1.807, 2.05) is 0 Å². The summed E-state index contributed by atoms with van der Waals surface area (Å²) in [4.78, 5) is 0.284. The first kappa shape index (κ1) is 20.4. The molecule has 0 saturated carbocycles. The molecule has 2 N–H and O–H groups in total. The number of nitrogen functional groups attached to an aromatic ring is 1. The van der Waals surface area contributed by atoms with Crippen LogP contribution in [0.4, 0.5) is 5.69 Å². The van der Waals surface area contributed by atoms with Crippen LogP contribution in [0.1, 0.15) is 0 Å². The minimum atomic E-state index is -3.79. The zero-order chi connectivity index (χ0) is 22.0. The van der Waals surface area contributed by atoms with Gasteiger partial charge in [-0.1, -0.05) is 23.4 Å². The first-order valence-electron chi connectivity index (χ1n) is 9.29. The second kappa shape index (κ2) is 8.11. The summed E-state index contributed by atoms with van der Waals surface area (Å²) in [6.45, 7) is 0. The lowest BCUT2D eigenvalue weighted by Crippen LogP contribution is -2.04. The molecular weight excluding hydrogens is 416 g/mol. The predicted molar refractivity (Wildman–Crippen MR) is 116 cm³/mol. The van der Waals surface area contributed by atoms with Crippen LogP contribution >= 0.6 is 0 Å². The van der Waals surface area contributed by atoms with Gasteiger partial charge >= 0.3 is 0 Å². The Morgan fingerprint density at radius 1 is 0.935 bits per heavy atom. The normalized spacial score (nSPS) is 11.3. The van der Waals surface area contributed by atoms with Gasteiger partial charge in [0.15, 0.2) is 0 Å². The van der Waals surface area contributed by atoms with E-state index >= 15 is 0 Å². The lowest BCUT2D eigenvalue weighted by molar-refractivity contribution is 0.392. The number of anilines is 1. The summed E-state index contributed by atoms with van der Waals surface area (Å²) in [5.41, 5.74) is 7.68. The highest BCUT2D eigenvalue weighted by Gasteiger charge is 2.23. The van der Waals surface area contributed by atoms with Crippen molar-refractivity contribution in [2.24, 2.45) is 0 Å². The van der Waals surface area contributed by atoms with Gasteiger partial charge < -0.3 is 15.2 Å².